The van der Waals surface area contributed by atoms with Crippen molar-refractivity contribution >= 4 is 29.3 Å². The Morgan fingerprint density at radius 2 is 2.57 bits per heavy atom. The molecule has 4 nitrogen and oxygen atoms in total. The summed E-state index contributed by atoms with van der Waals surface area (Å²) in [4.78, 5) is 0. The summed E-state index contributed by atoms with van der Waals surface area (Å²) in [5, 5.41) is 11.8. The zero-order chi connectivity index (χ0) is 9.80. The van der Waals surface area contributed by atoms with Crippen molar-refractivity contribution in [2.45, 2.75) is 5.25 Å². The average molecular weight is 230 g/mol. The second-order valence-corrected chi connectivity index (χ2v) is 5.75. The molecule has 0 spiro atoms. The molecule has 78 valence electrons. The van der Waals surface area contributed by atoms with Gasteiger partial charge in [-0.2, -0.15) is 23.5 Å². The van der Waals surface area contributed by atoms with Gasteiger partial charge in [-0.1, -0.05) is 5.21 Å². The van der Waals surface area contributed by atoms with Gasteiger partial charge in [0.15, 0.2) is 0 Å². The summed E-state index contributed by atoms with van der Waals surface area (Å²) >= 11 is 4.10. The number of nitrogens with one attached hydrogen (secondary N) is 1. The molecule has 0 aliphatic carbocycles. The maximum Gasteiger partial charge on any atom is 0.144 e. The van der Waals surface area contributed by atoms with E-state index in [9.17, 15) is 0 Å². The molecule has 0 radical (unpaired) electrons. The maximum atomic E-state index is 3.87. The van der Waals surface area contributed by atoms with Gasteiger partial charge in [0, 0.05) is 36.1 Å². The Balaban J connectivity index is 1.79. The lowest BCUT2D eigenvalue weighted by Gasteiger charge is -2.21. The number of thioether (sulfide) groups is 2. The van der Waals surface area contributed by atoms with Gasteiger partial charge >= 0.3 is 0 Å². The molecule has 1 unspecified atom stereocenters. The van der Waals surface area contributed by atoms with Crippen LogP contribution < -0.4 is 5.32 Å². The number of nitrogens with zero attached hydrogens (tertiary/aromatic N) is 3. The summed E-state index contributed by atoms with van der Waals surface area (Å²) in [5.74, 6) is 4.83. The maximum absolute atomic E-state index is 3.87. The van der Waals surface area contributed by atoms with E-state index in [1.165, 1.54) is 17.3 Å². The molecule has 2 rings (SSSR count). The molecule has 1 aromatic heterocycles. The number of aromatic nitrogens is 3. The third-order valence-electron chi connectivity index (χ3n) is 2.11. The first-order valence-electron chi connectivity index (χ1n) is 4.64. The summed E-state index contributed by atoms with van der Waals surface area (Å²) in [6.07, 6.45) is 1.76. The van der Waals surface area contributed by atoms with Crippen LogP contribution in [0.2, 0.25) is 0 Å². The summed E-state index contributed by atoms with van der Waals surface area (Å²) in [7, 11) is 1.90. The Kier molecular flexibility index (Phi) is 3.58. The van der Waals surface area contributed by atoms with E-state index in [1.54, 1.807) is 10.9 Å². The van der Waals surface area contributed by atoms with Crippen LogP contribution in [0.25, 0.3) is 0 Å². The van der Waals surface area contributed by atoms with E-state index >= 15 is 0 Å². The monoisotopic (exact) mass is 230 g/mol. The van der Waals surface area contributed by atoms with Gasteiger partial charge in [0.2, 0.25) is 0 Å². The van der Waals surface area contributed by atoms with Gasteiger partial charge in [-0.15, -0.1) is 5.10 Å². The molecule has 1 fully saturated rings. The van der Waals surface area contributed by atoms with Gasteiger partial charge in [0.05, 0.1) is 6.20 Å². The van der Waals surface area contributed by atoms with Crippen LogP contribution in [0.15, 0.2) is 6.20 Å². The number of hydrogen-bond donors (Lipinski definition) is 1. The molecule has 1 aromatic rings. The van der Waals surface area contributed by atoms with Gasteiger partial charge < -0.3 is 5.32 Å². The predicted molar refractivity (Wildman–Crippen MR) is 63.1 cm³/mol. The summed E-state index contributed by atoms with van der Waals surface area (Å²) in [5.41, 5.74) is 0. The van der Waals surface area contributed by atoms with Crippen molar-refractivity contribution in [3.63, 3.8) is 0 Å². The first-order chi connectivity index (χ1) is 6.86. The lowest BCUT2D eigenvalue weighted by atomic mass is 10.4. The van der Waals surface area contributed by atoms with Crippen LogP contribution in [-0.2, 0) is 7.05 Å². The second-order valence-electron chi connectivity index (χ2n) is 3.19. The molecule has 0 aromatic carbocycles. The summed E-state index contributed by atoms with van der Waals surface area (Å²) in [6.45, 7) is 1.01. The smallest absolute Gasteiger partial charge is 0.144 e. The number of anilines is 1. The van der Waals surface area contributed by atoms with E-state index in [0.29, 0.717) is 0 Å². The topological polar surface area (TPSA) is 42.7 Å². The fraction of sp³-hybridized carbons (Fsp3) is 0.750. The minimum atomic E-state index is 0.726. The van der Waals surface area contributed by atoms with Crippen LogP contribution in [0, 0.1) is 0 Å². The summed E-state index contributed by atoms with van der Waals surface area (Å²) in [6, 6.07) is 0. The molecular formula is C8H14N4S2. The first kappa shape index (κ1) is 10.2. The first-order valence-corrected chi connectivity index (χ1v) is 6.84. The molecule has 1 atom stereocenters. The minimum Gasteiger partial charge on any atom is -0.368 e. The molecule has 14 heavy (non-hydrogen) atoms. The van der Waals surface area contributed by atoms with E-state index in [4.69, 9.17) is 0 Å². The third kappa shape index (κ3) is 2.57. The molecule has 2 heterocycles. The zero-order valence-corrected chi connectivity index (χ0v) is 9.77. The van der Waals surface area contributed by atoms with E-state index in [0.717, 1.165) is 17.6 Å². The standard InChI is InChI=1S/C8H14N4S2/c1-12-8(5-10-11-12)9-4-7-6-13-2-3-14-7/h5,7,9H,2-4,6H2,1H3. The van der Waals surface area contributed by atoms with Gasteiger partial charge in [-0.25, -0.2) is 4.68 Å². The molecule has 1 N–H and O–H groups in total. The minimum absolute atomic E-state index is 0.726. The normalized spacial score (nSPS) is 22.2. The predicted octanol–water partition coefficient (Wildman–Crippen LogP) is 1.08. The van der Waals surface area contributed by atoms with Crippen LogP contribution in [0.5, 0.6) is 0 Å². The highest BCUT2D eigenvalue weighted by Crippen LogP contribution is 2.23. The van der Waals surface area contributed by atoms with E-state index < -0.39 is 0 Å². The largest absolute Gasteiger partial charge is 0.368 e. The average Bonchev–Trinajstić information content (AvgIpc) is 2.63. The van der Waals surface area contributed by atoms with E-state index in [-0.39, 0.29) is 0 Å². The van der Waals surface area contributed by atoms with Crippen molar-refractivity contribution in [2.75, 3.05) is 29.1 Å². The van der Waals surface area contributed by atoms with Crippen LogP contribution >= 0.6 is 23.5 Å². The quantitative estimate of drug-likeness (QED) is 0.841. The Morgan fingerprint density at radius 3 is 3.21 bits per heavy atom. The zero-order valence-electron chi connectivity index (χ0n) is 8.14. The molecule has 6 heteroatoms. The van der Waals surface area contributed by atoms with Gasteiger partial charge in [-0.05, 0) is 0 Å². The molecule has 0 saturated carbocycles. The number of aryl methyl sites for hydroxylation is 1. The molecule has 1 aliphatic heterocycles. The molecular weight excluding hydrogens is 216 g/mol. The van der Waals surface area contributed by atoms with E-state index in [1.807, 2.05) is 18.8 Å². The van der Waals surface area contributed by atoms with Crippen LogP contribution in [0.3, 0.4) is 0 Å². The highest BCUT2D eigenvalue weighted by atomic mass is 32.2. The summed E-state index contributed by atoms with van der Waals surface area (Å²) < 4.78 is 1.76. The Bertz CT molecular complexity index is 283. The molecule has 0 amide bonds. The van der Waals surface area contributed by atoms with Gasteiger partial charge in [0.1, 0.15) is 5.82 Å². The van der Waals surface area contributed by atoms with Crippen LogP contribution in [-0.4, -0.2) is 44.0 Å². The van der Waals surface area contributed by atoms with Crippen LogP contribution in [0.4, 0.5) is 5.82 Å². The van der Waals surface area contributed by atoms with Gasteiger partial charge in [0.25, 0.3) is 0 Å². The van der Waals surface area contributed by atoms with Crippen molar-refractivity contribution in [1.82, 2.24) is 15.0 Å². The lowest BCUT2D eigenvalue weighted by molar-refractivity contribution is 0.716. The Labute approximate surface area is 92.2 Å². The molecule has 1 saturated heterocycles. The Morgan fingerprint density at radius 1 is 1.64 bits per heavy atom. The number of hydrogen-bond acceptors (Lipinski definition) is 5. The van der Waals surface area contributed by atoms with Gasteiger partial charge in [-0.3, -0.25) is 0 Å². The second kappa shape index (κ2) is 4.93. The fourth-order valence-electron chi connectivity index (χ4n) is 1.32. The van der Waals surface area contributed by atoms with E-state index in [2.05, 4.69) is 27.4 Å². The fourth-order valence-corrected chi connectivity index (χ4v) is 3.93. The molecule has 1 aliphatic rings. The Hall–Kier alpha value is -0.360. The number of rotatable bonds is 3. The third-order valence-corrected chi connectivity index (χ3v) is 4.96. The van der Waals surface area contributed by atoms with Crippen molar-refractivity contribution in [2.24, 2.45) is 7.05 Å². The highest BCUT2D eigenvalue weighted by molar-refractivity contribution is 8.06. The van der Waals surface area contributed by atoms with Crippen LogP contribution in [0.1, 0.15) is 0 Å². The van der Waals surface area contributed by atoms with Crippen molar-refractivity contribution in [1.29, 1.82) is 0 Å². The SMILES string of the molecule is Cn1nncc1NCC1CSCCS1. The highest BCUT2D eigenvalue weighted by Gasteiger charge is 2.14. The van der Waals surface area contributed by atoms with Crippen molar-refractivity contribution < 1.29 is 0 Å². The molecule has 0 bridgehead atoms. The van der Waals surface area contributed by atoms with Crippen molar-refractivity contribution in [3.05, 3.63) is 6.20 Å². The lowest BCUT2D eigenvalue weighted by Crippen LogP contribution is -2.23. The van der Waals surface area contributed by atoms with Crippen molar-refractivity contribution in [3.8, 4) is 0 Å².